The zero-order chi connectivity index (χ0) is 22.6. The van der Waals surface area contributed by atoms with Gasteiger partial charge in [-0.15, -0.1) is 0 Å². The molecule has 0 bridgehead atoms. The van der Waals surface area contributed by atoms with Gasteiger partial charge in [0.15, 0.2) is 0 Å². The fourth-order valence-electron chi connectivity index (χ4n) is 5.02. The highest BCUT2D eigenvalue weighted by atomic mass is 16.2. The lowest BCUT2D eigenvalue weighted by atomic mass is 9.97. The molecule has 8 nitrogen and oxygen atoms in total. The lowest BCUT2D eigenvalue weighted by Gasteiger charge is -2.39. The molecule has 0 radical (unpaired) electrons. The predicted octanol–water partition coefficient (Wildman–Crippen LogP) is 1.85. The van der Waals surface area contributed by atoms with Crippen LogP contribution in [0.4, 0.5) is 5.82 Å². The Morgan fingerprint density at radius 1 is 0.970 bits per heavy atom. The monoisotopic (exact) mass is 446 g/mol. The number of anilines is 1. The average Bonchev–Trinajstić information content (AvgIpc) is 2.87. The van der Waals surface area contributed by atoms with Gasteiger partial charge in [-0.2, -0.15) is 0 Å². The van der Waals surface area contributed by atoms with Crippen LogP contribution in [0.15, 0.2) is 59.7 Å². The van der Waals surface area contributed by atoms with E-state index in [1.54, 1.807) is 4.57 Å². The molecule has 1 amide bonds. The van der Waals surface area contributed by atoms with Gasteiger partial charge in [0.25, 0.3) is 5.56 Å². The summed E-state index contributed by atoms with van der Waals surface area (Å²) in [5, 5.41) is 0. The maximum atomic E-state index is 13.1. The van der Waals surface area contributed by atoms with Gasteiger partial charge in [-0.05, 0) is 43.0 Å². The minimum atomic E-state index is -0.235. The number of rotatable bonds is 5. The molecular formula is C25H30N6O2. The highest BCUT2D eigenvalue weighted by molar-refractivity contribution is 5.80. The molecule has 0 N–H and O–H groups in total. The molecule has 2 fully saturated rings. The van der Waals surface area contributed by atoms with Gasteiger partial charge in [0.05, 0.1) is 17.2 Å². The van der Waals surface area contributed by atoms with Crippen LogP contribution in [-0.4, -0.2) is 76.1 Å². The molecule has 2 aliphatic heterocycles. The average molecular weight is 447 g/mol. The van der Waals surface area contributed by atoms with Crippen molar-refractivity contribution < 1.29 is 4.79 Å². The minimum Gasteiger partial charge on any atom is -0.354 e. The third kappa shape index (κ3) is 4.90. The van der Waals surface area contributed by atoms with Gasteiger partial charge in [0, 0.05) is 52.0 Å². The molecule has 8 heteroatoms. The Balaban J connectivity index is 1.17. The molecule has 4 heterocycles. The lowest BCUT2D eigenvalue weighted by Crippen LogP contribution is -2.50. The maximum Gasteiger partial charge on any atom is 0.269 e. The summed E-state index contributed by atoms with van der Waals surface area (Å²) in [6, 6.07) is 13.5. The van der Waals surface area contributed by atoms with Crippen LogP contribution in [-0.2, 0) is 11.3 Å². The maximum absolute atomic E-state index is 13.1. The van der Waals surface area contributed by atoms with Crippen molar-refractivity contribution in [2.24, 2.45) is 5.92 Å². The van der Waals surface area contributed by atoms with Crippen molar-refractivity contribution in [1.29, 1.82) is 0 Å². The van der Waals surface area contributed by atoms with Crippen LogP contribution in [0, 0.1) is 5.92 Å². The number of amides is 1. The predicted molar refractivity (Wildman–Crippen MR) is 128 cm³/mol. The number of benzene rings is 1. The van der Waals surface area contributed by atoms with Gasteiger partial charge >= 0.3 is 0 Å². The summed E-state index contributed by atoms with van der Waals surface area (Å²) in [4.78, 5) is 41.0. The largest absolute Gasteiger partial charge is 0.354 e. The molecule has 5 rings (SSSR count). The first-order chi connectivity index (χ1) is 16.2. The minimum absolute atomic E-state index is 0.0122. The molecule has 2 saturated heterocycles. The van der Waals surface area contributed by atoms with Gasteiger partial charge in [-0.3, -0.25) is 19.1 Å². The molecule has 0 aliphatic carbocycles. The Hall–Kier alpha value is -3.26. The van der Waals surface area contributed by atoms with Crippen LogP contribution in [0.3, 0.4) is 0 Å². The number of carbonyl (C=O) groups is 1. The first-order valence-corrected chi connectivity index (χ1v) is 11.8. The molecule has 172 valence electrons. The first kappa shape index (κ1) is 21.6. The van der Waals surface area contributed by atoms with Crippen molar-refractivity contribution in [2.75, 3.05) is 50.7 Å². The number of aromatic nitrogens is 3. The standard InChI is InChI=1S/C25H30N6O2/c32-24-16-27-21-7-1-2-8-22(21)31(24)19-25(33)30-11-5-6-20(18-30)17-28-12-14-29(15-13-28)23-9-3-4-10-26-23/h1-4,7-10,16,20H,5-6,11-15,17-19H2. The van der Waals surface area contributed by atoms with E-state index in [0.717, 1.165) is 70.0 Å². The summed E-state index contributed by atoms with van der Waals surface area (Å²) in [5.41, 5.74) is 1.20. The van der Waals surface area contributed by atoms with Crippen molar-refractivity contribution in [3.8, 4) is 0 Å². The number of nitrogens with zero attached hydrogens (tertiary/aromatic N) is 6. The number of fused-ring (bicyclic) bond motifs is 1. The molecule has 1 atom stereocenters. The number of carbonyl (C=O) groups excluding carboxylic acids is 1. The van der Waals surface area contributed by atoms with Crippen molar-refractivity contribution in [3.05, 3.63) is 65.2 Å². The Bertz CT molecular complexity index is 1160. The van der Waals surface area contributed by atoms with E-state index >= 15 is 0 Å². The van der Waals surface area contributed by atoms with E-state index in [-0.39, 0.29) is 18.0 Å². The highest BCUT2D eigenvalue weighted by Gasteiger charge is 2.27. The highest BCUT2D eigenvalue weighted by Crippen LogP contribution is 2.20. The molecule has 2 aromatic heterocycles. The molecule has 2 aliphatic rings. The molecule has 33 heavy (non-hydrogen) atoms. The van der Waals surface area contributed by atoms with Crippen LogP contribution in [0.25, 0.3) is 11.0 Å². The number of hydrogen-bond donors (Lipinski definition) is 0. The second-order valence-corrected chi connectivity index (χ2v) is 8.99. The van der Waals surface area contributed by atoms with Crippen molar-refractivity contribution in [3.63, 3.8) is 0 Å². The Kier molecular flexibility index (Phi) is 6.35. The van der Waals surface area contributed by atoms with E-state index in [9.17, 15) is 9.59 Å². The number of pyridine rings is 1. The smallest absolute Gasteiger partial charge is 0.269 e. The van der Waals surface area contributed by atoms with Crippen LogP contribution >= 0.6 is 0 Å². The van der Waals surface area contributed by atoms with E-state index in [0.29, 0.717) is 11.4 Å². The molecular weight excluding hydrogens is 416 g/mol. The van der Waals surface area contributed by atoms with Crippen LogP contribution in [0.2, 0.25) is 0 Å². The van der Waals surface area contributed by atoms with E-state index in [1.807, 2.05) is 47.5 Å². The molecule has 1 aromatic carbocycles. The number of para-hydroxylation sites is 2. The van der Waals surface area contributed by atoms with Crippen molar-refractivity contribution >= 4 is 22.8 Å². The van der Waals surface area contributed by atoms with E-state index in [1.165, 1.54) is 6.20 Å². The van der Waals surface area contributed by atoms with Crippen LogP contribution in [0.1, 0.15) is 12.8 Å². The number of piperazine rings is 1. The van der Waals surface area contributed by atoms with Gasteiger partial charge in [-0.25, -0.2) is 9.97 Å². The summed E-state index contributed by atoms with van der Waals surface area (Å²) in [7, 11) is 0. The van der Waals surface area contributed by atoms with E-state index in [2.05, 4.69) is 25.8 Å². The summed E-state index contributed by atoms with van der Waals surface area (Å²) in [5.74, 6) is 1.53. The third-order valence-corrected chi connectivity index (χ3v) is 6.78. The second kappa shape index (κ2) is 9.70. The zero-order valence-corrected chi connectivity index (χ0v) is 18.8. The Morgan fingerprint density at radius 2 is 1.79 bits per heavy atom. The summed E-state index contributed by atoms with van der Waals surface area (Å²) < 4.78 is 1.55. The normalized spacial score (nSPS) is 19.7. The quantitative estimate of drug-likeness (QED) is 0.596. The number of piperidine rings is 1. The molecule has 0 saturated carbocycles. The van der Waals surface area contributed by atoms with E-state index in [4.69, 9.17) is 0 Å². The fraction of sp³-hybridized carbons (Fsp3) is 0.440. The lowest BCUT2D eigenvalue weighted by molar-refractivity contribution is -0.133. The van der Waals surface area contributed by atoms with Crippen molar-refractivity contribution in [2.45, 2.75) is 19.4 Å². The first-order valence-electron chi connectivity index (χ1n) is 11.8. The molecule has 3 aromatic rings. The Morgan fingerprint density at radius 3 is 2.61 bits per heavy atom. The Labute approximate surface area is 193 Å². The summed E-state index contributed by atoms with van der Waals surface area (Å²) in [6.45, 7) is 6.58. The fourth-order valence-corrected chi connectivity index (χ4v) is 5.02. The van der Waals surface area contributed by atoms with Crippen LogP contribution in [0.5, 0.6) is 0 Å². The van der Waals surface area contributed by atoms with Gasteiger partial charge in [0.2, 0.25) is 5.91 Å². The summed E-state index contributed by atoms with van der Waals surface area (Å²) in [6.07, 6.45) is 5.30. The van der Waals surface area contributed by atoms with Gasteiger partial charge < -0.3 is 9.80 Å². The second-order valence-electron chi connectivity index (χ2n) is 8.99. The number of likely N-dealkylation sites (tertiary alicyclic amines) is 1. The molecule has 0 spiro atoms. The topological polar surface area (TPSA) is 74.6 Å². The van der Waals surface area contributed by atoms with Crippen LogP contribution < -0.4 is 10.5 Å². The van der Waals surface area contributed by atoms with Gasteiger partial charge in [0.1, 0.15) is 12.4 Å². The zero-order valence-electron chi connectivity index (χ0n) is 18.8. The molecule has 1 unspecified atom stereocenters. The third-order valence-electron chi connectivity index (χ3n) is 6.78. The number of hydrogen-bond acceptors (Lipinski definition) is 6. The SMILES string of the molecule is O=C(Cn1c(=O)cnc2ccccc21)N1CCCC(CN2CCN(c3ccccn3)CC2)C1. The van der Waals surface area contributed by atoms with Crippen molar-refractivity contribution in [1.82, 2.24) is 24.3 Å². The van der Waals surface area contributed by atoms with E-state index < -0.39 is 0 Å². The summed E-state index contributed by atoms with van der Waals surface area (Å²) >= 11 is 0. The van der Waals surface area contributed by atoms with Gasteiger partial charge in [-0.1, -0.05) is 18.2 Å².